The van der Waals surface area contributed by atoms with Crippen LogP contribution < -0.4 is 21.3 Å². The quantitative estimate of drug-likeness (QED) is 0.0497. The lowest BCUT2D eigenvalue weighted by molar-refractivity contribution is 0.180. The molecule has 0 spiro atoms. The number of hydrogen-bond acceptors (Lipinski definition) is 8. The van der Waals surface area contributed by atoms with Crippen molar-refractivity contribution in [3.05, 3.63) is 71.0 Å². The van der Waals surface area contributed by atoms with Crippen LogP contribution in [0.5, 0.6) is 0 Å². The van der Waals surface area contributed by atoms with E-state index in [9.17, 15) is 0 Å². The number of nitrogens with one attached hydrogen (secondary N) is 4. The van der Waals surface area contributed by atoms with Crippen molar-refractivity contribution in [2.75, 3.05) is 53.5 Å². The highest BCUT2D eigenvalue weighted by atomic mass is 35.5. The van der Waals surface area contributed by atoms with E-state index in [0.717, 1.165) is 131 Å². The lowest BCUT2D eigenvalue weighted by atomic mass is 9.70. The van der Waals surface area contributed by atoms with Crippen molar-refractivity contribution in [3.8, 4) is 0 Å². The summed E-state index contributed by atoms with van der Waals surface area (Å²) in [4.78, 5) is 9.83. The van der Waals surface area contributed by atoms with Gasteiger partial charge in [0.2, 0.25) is 0 Å². The van der Waals surface area contributed by atoms with Crippen LogP contribution >= 0.6 is 11.6 Å². The highest BCUT2D eigenvalue weighted by Gasteiger charge is 2.43. The van der Waals surface area contributed by atoms with Crippen LogP contribution in [0.3, 0.4) is 0 Å². The molecule has 4 aliphatic rings. The fraction of sp³-hybridized carbons (Fsp3) is 0.659. The average Bonchev–Trinajstić information content (AvgIpc) is 3.12. The molecule has 0 aromatic rings. The molecule has 9 heteroatoms. The van der Waals surface area contributed by atoms with Crippen molar-refractivity contribution in [1.82, 2.24) is 21.3 Å². The molecule has 6 atom stereocenters. The fourth-order valence-electron chi connectivity index (χ4n) is 7.72. The SMILES string of the molecule is C=CCCC1C=N/C(=C/C=C(\CCC)OC)CC1NCCCNCCCCNCCCNC1C2CCC(Cl)=CC2=NC2=CC=C(OC)C(C)C21. The molecule has 2 aliphatic heterocycles. The molecule has 2 heterocycles. The number of fused-ring (bicyclic) bond motifs is 2. The minimum atomic E-state index is 0.303. The first kappa shape index (κ1) is 40.3. The summed E-state index contributed by atoms with van der Waals surface area (Å²) in [5, 5.41) is 16.0. The second kappa shape index (κ2) is 22.4. The van der Waals surface area contributed by atoms with Gasteiger partial charge in [-0.2, -0.15) is 0 Å². The lowest BCUT2D eigenvalue weighted by Gasteiger charge is -2.44. The van der Waals surface area contributed by atoms with Gasteiger partial charge in [-0.25, -0.2) is 0 Å². The van der Waals surface area contributed by atoms with E-state index in [4.69, 9.17) is 31.1 Å². The predicted molar refractivity (Wildman–Crippen MR) is 212 cm³/mol. The Morgan fingerprint density at radius 1 is 1.02 bits per heavy atom. The third-order valence-corrected chi connectivity index (χ3v) is 10.8. The molecule has 0 amide bonds. The van der Waals surface area contributed by atoms with Crippen LogP contribution in [-0.4, -0.2) is 77.5 Å². The first-order chi connectivity index (χ1) is 24.5. The summed E-state index contributed by atoms with van der Waals surface area (Å²) in [7, 11) is 3.53. The second-order valence-corrected chi connectivity index (χ2v) is 14.6. The number of nitrogens with zero attached hydrogens (tertiary/aromatic N) is 2. The average molecular weight is 709 g/mol. The van der Waals surface area contributed by atoms with E-state index in [1.807, 2.05) is 6.08 Å². The van der Waals surface area contributed by atoms with Crippen molar-refractivity contribution < 1.29 is 9.47 Å². The molecule has 0 aromatic heterocycles. The van der Waals surface area contributed by atoms with Crippen LogP contribution in [0.2, 0.25) is 0 Å². The zero-order valence-electron chi connectivity index (χ0n) is 31.3. The molecule has 2 aliphatic carbocycles. The summed E-state index contributed by atoms with van der Waals surface area (Å²) in [5.74, 6) is 3.53. The van der Waals surface area contributed by atoms with E-state index in [1.54, 1.807) is 14.2 Å². The molecule has 0 saturated heterocycles. The van der Waals surface area contributed by atoms with E-state index < -0.39 is 0 Å². The van der Waals surface area contributed by atoms with Crippen molar-refractivity contribution in [1.29, 1.82) is 0 Å². The maximum atomic E-state index is 6.42. The number of aliphatic imine (C=N–C) groups is 2. The van der Waals surface area contributed by atoms with Crippen LogP contribution in [0.25, 0.3) is 0 Å². The molecule has 6 unspecified atom stereocenters. The Morgan fingerprint density at radius 2 is 1.76 bits per heavy atom. The Hall–Kier alpha value is -2.49. The molecule has 50 heavy (non-hydrogen) atoms. The van der Waals surface area contributed by atoms with Crippen molar-refractivity contribution >= 4 is 23.5 Å². The van der Waals surface area contributed by atoms with Crippen LogP contribution in [0.15, 0.2) is 81.0 Å². The molecule has 0 aromatic carbocycles. The maximum absolute atomic E-state index is 6.42. The zero-order valence-corrected chi connectivity index (χ0v) is 32.1. The van der Waals surface area contributed by atoms with Gasteiger partial charge in [-0.1, -0.05) is 31.5 Å². The highest BCUT2D eigenvalue weighted by molar-refractivity contribution is 6.31. The summed E-state index contributed by atoms with van der Waals surface area (Å²) in [5.41, 5.74) is 3.41. The number of allylic oxidation sites excluding steroid dienone is 9. The lowest BCUT2D eigenvalue weighted by Crippen LogP contribution is -2.52. The Labute approximate surface area is 308 Å². The van der Waals surface area contributed by atoms with Gasteiger partial charge in [0.15, 0.2) is 0 Å². The smallest absolute Gasteiger partial charge is 0.0991 e. The van der Waals surface area contributed by atoms with Gasteiger partial charge < -0.3 is 30.7 Å². The highest BCUT2D eigenvalue weighted by Crippen LogP contribution is 2.43. The summed E-state index contributed by atoms with van der Waals surface area (Å²) in [6.45, 7) is 14.6. The first-order valence-corrected chi connectivity index (χ1v) is 19.7. The summed E-state index contributed by atoms with van der Waals surface area (Å²) in [6.07, 6.45) is 26.4. The van der Waals surface area contributed by atoms with Crippen LogP contribution in [0.4, 0.5) is 0 Å². The molecule has 4 N–H and O–H groups in total. The Morgan fingerprint density at radius 3 is 2.46 bits per heavy atom. The van der Waals surface area contributed by atoms with E-state index >= 15 is 0 Å². The molecular weight excluding hydrogens is 644 g/mol. The maximum Gasteiger partial charge on any atom is 0.0991 e. The Kier molecular flexibility index (Phi) is 18.1. The topological polar surface area (TPSA) is 91.3 Å². The van der Waals surface area contributed by atoms with Gasteiger partial charge in [0.05, 0.1) is 25.7 Å². The molecule has 0 saturated carbocycles. The molecule has 4 rings (SSSR count). The molecular formula is C41H65ClN6O2. The van der Waals surface area contributed by atoms with Gasteiger partial charge in [0.25, 0.3) is 0 Å². The van der Waals surface area contributed by atoms with Gasteiger partial charge in [-0.05, 0) is 127 Å². The molecule has 278 valence electrons. The number of methoxy groups -OCH3 is 2. The Bertz CT molecular complexity index is 1280. The molecule has 0 fully saturated rings. The van der Waals surface area contributed by atoms with Gasteiger partial charge >= 0.3 is 0 Å². The van der Waals surface area contributed by atoms with Crippen molar-refractivity contribution in [2.45, 2.75) is 96.6 Å². The van der Waals surface area contributed by atoms with Crippen molar-refractivity contribution in [2.24, 2.45) is 33.7 Å². The summed E-state index contributed by atoms with van der Waals surface area (Å²) < 4.78 is 11.2. The fourth-order valence-corrected chi connectivity index (χ4v) is 7.94. The third-order valence-electron chi connectivity index (χ3n) is 10.5. The standard InChI is InChI=1S/C41H65ClN6O2/c1-6-8-14-31-29-47-33(16-17-34(49-4)13-7-2)28-37(31)45-25-11-23-43-21-9-10-22-44-24-12-26-46-41-35-18-15-32(42)27-38(35)48-36-19-20-39(50-5)30(3)40(36)41/h6,16-17,19-20,27,29-31,35,37,40-41,43-46H,1,7-15,18,21-26,28H2,2-5H3/b33-16+,34-17+. The Balaban J connectivity index is 1.06. The van der Waals surface area contributed by atoms with Gasteiger partial charge in [0, 0.05) is 76.9 Å². The first-order valence-electron chi connectivity index (χ1n) is 19.4. The largest absolute Gasteiger partial charge is 0.501 e. The van der Waals surface area contributed by atoms with E-state index in [-0.39, 0.29) is 0 Å². The van der Waals surface area contributed by atoms with Gasteiger partial charge in [-0.15, -0.1) is 6.58 Å². The summed E-state index contributed by atoms with van der Waals surface area (Å²) >= 11 is 6.42. The molecule has 8 nitrogen and oxygen atoms in total. The predicted octanol–water partition coefficient (Wildman–Crippen LogP) is 7.58. The molecule has 0 bridgehead atoms. The monoisotopic (exact) mass is 708 g/mol. The van der Waals surface area contributed by atoms with Gasteiger partial charge in [-0.3, -0.25) is 9.98 Å². The number of rotatable bonds is 23. The van der Waals surface area contributed by atoms with Gasteiger partial charge in [0.1, 0.15) is 0 Å². The van der Waals surface area contributed by atoms with Crippen LogP contribution in [0.1, 0.15) is 84.5 Å². The van der Waals surface area contributed by atoms with E-state index in [2.05, 4.69) is 78.3 Å². The normalized spacial score (nSPS) is 27.1. The zero-order chi connectivity index (χ0) is 35.6. The van der Waals surface area contributed by atoms with E-state index in [1.165, 1.54) is 12.8 Å². The summed E-state index contributed by atoms with van der Waals surface area (Å²) in [6, 6.07) is 0.755. The number of hydrogen-bond donors (Lipinski definition) is 4. The minimum Gasteiger partial charge on any atom is -0.501 e. The number of unbranched alkanes of at least 4 members (excludes halogenated alkanes) is 1. The number of halogens is 1. The van der Waals surface area contributed by atoms with Crippen LogP contribution in [-0.2, 0) is 9.47 Å². The van der Waals surface area contributed by atoms with E-state index in [0.29, 0.717) is 35.8 Å². The third kappa shape index (κ3) is 12.3. The van der Waals surface area contributed by atoms with Crippen LogP contribution in [0, 0.1) is 23.7 Å². The molecule has 0 radical (unpaired) electrons. The van der Waals surface area contributed by atoms with Crippen molar-refractivity contribution in [3.63, 3.8) is 0 Å². The number of ether oxygens (including phenoxy) is 2. The second-order valence-electron chi connectivity index (χ2n) is 14.2. The minimum absolute atomic E-state index is 0.303.